The summed E-state index contributed by atoms with van der Waals surface area (Å²) in [6.45, 7) is 4.03. The lowest BCUT2D eigenvalue weighted by molar-refractivity contribution is 0.152. The number of anilines is 2. The highest BCUT2D eigenvalue weighted by atomic mass is 16.5. The zero-order valence-corrected chi connectivity index (χ0v) is 11.7. The molecule has 0 amide bonds. The Morgan fingerprint density at radius 1 is 1.21 bits per heavy atom. The molecule has 1 heterocycles. The number of hydrogen-bond acceptors (Lipinski definition) is 8. The molecule has 0 aliphatic heterocycles. The first-order valence-electron chi connectivity index (χ1n) is 6.05. The van der Waals surface area contributed by atoms with Gasteiger partial charge in [0.2, 0.25) is 11.9 Å². The van der Waals surface area contributed by atoms with Crippen molar-refractivity contribution in [3.8, 4) is 6.01 Å². The normalized spacial score (nSPS) is 12.3. The molecule has 0 fully saturated rings. The molecule has 1 aromatic rings. The van der Waals surface area contributed by atoms with Gasteiger partial charge in [0.1, 0.15) is 0 Å². The van der Waals surface area contributed by atoms with E-state index in [-0.39, 0.29) is 24.8 Å². The van der Waals surface area contributed by atoms with Crippen molar-refractivity contribution in [1.82, 2.24) is 15.0 Å². The SMILES string of the molecule is CNc1nc(NC(CO)COC)nc(OC(C)C)n1. The number of rotatable bonds is 8. The summed E-state index contributed by atoms with van der Waals surface area (Å²) in [6, 6.07) is -0.0602. The van der Waals surface area contributed by atoms with Gasteiger partial charge in [-0.15, -0.1) is 0 Å². The highest BCUT2D eigenvalue weighted by Gasteiger charge is 2.12. The maximum atomic E-state index is 9.20. The van der Waals surface area contributed by atoms with Crippen LogP contribution >= 0.6 is 0 Å². The number of aliphatic hydroxyl groups is 1. The zero-order chi connectivity index (χ0) is 14.3. The lowest BCUT2D eigenvalue weighted by Crippen LogP contribution is -2.30. The van der Waals surface area contributed by atoms with Crippen LogP contribution in [0.15, 0.2) is 0 Å². The van der Waals surface area contributed by atoms with Crippen LogP contribution in [-0.2, 0) is 4.74 Å². The maximum absolute atomic E-state index is 9.20. The molecule has 1 unspecified atom stereocenters. The van der Waals surface area contributed by atoms with Gasteiger partial charge in [-0.3, -0.25) is 0 Å². The van der Waals surface area contributed by atoms with Crippen LogP contribution in [0.1, 0.15) is 13.8 Å². The topological polar surface area (TPSA) is 101 Å². The number of nitrogens with one attached hydrogen (secondary N) is 2. The predicted molar refractivity (Wildman–Crippen MR) is 71.5 cm³/mol. The van der Waals surface area contributed by atoms with E-state index in [0.717, 1.165) is 0 Å². The molecule has 1 atom stereocenters. The summed E-state index contributed by atoms with van der Waals surface area (Å²) >= 11 is 0. The Kier molecular flexibility index (Phi) is 6.23. The van der Waals surface area contributed by atoms with Gasteiger partial charge in [0.05, 0.1) is 25.4 Å². The third-order valence-electron chi connectivity index (χ3n) is 2.10. The highest BCUT2D eigenvalue weighted by Crippen LogP contribution is 2.12. The fourth-order valence-electron chi connectivity index (χ4n) is 1.32. The van der Waals surface area contributed by atoms with Crippen molar-refractivity contribution in [2.24, 2.45) is 0 Å². The Balaban J connectivity index is 2.86. The van der Waals surface area contributed by atoms with Gasteiger partial charge in [0.15, 0.2) is 0 Å². The van der Waals surface area contributed by atoms with Gasteiger partial charge in [0.25, 0.3) is 0 Å². The Labute approximate surface area is 112 Å². The molecule has 0 saturated heterocycles. The molecule has 3 N–H and O–H groups in total. The summed E-state index contributed by atoms with van der Waals surface area (Å²) in [4.78, 5) is 12.3. The van der Waals surface area contributed by atoms with E-state index in [0.29, 0.717) is 18.5 Å². The third-order valence-corrected chi connectivity index (χ3v) is 2.10. The smallest absolute Gasteiger partial charge is 0.323 e. The molecule has 0 bridgehead atoms. The standard InChI is InChI=1S/C11H21N5O3/c1-7(2)19-11-15-9(12-3)14-10(16-11)13-8(5-17)6-18-4/h7-8,17H,5-6H2,1-4H3,(H2,12,13,14,15,16). The summed E-state index contributed by atoms with van der Waals surface area (Å²) < 4.78 is 10.4. The second kappa shape index (κ2) is 7.70. The van der Waals surface area contributed by atoms with Gasteiger partial charge in [-0.05, 0) is 13.8 Å². The molecule has 108 valence electrons. The number of hydrogen-bond donors (Lipinski definition) is 3. The van der Waals surface area contributed by atoms with E-state index in [4.69, 9.17) is 9.47 Å². The monoisotopic (exact) mass is 271 g/mol. The zero-order valence-electron chi connectivity index (χ0n) is 11.7. The number of nitrogens with zero attached hydrogens (tertiary/aromatic N) is 3. The van der Waals surface area contributed by atoms with Crippen LogP contribution < -0.4 is 15.4 Å². The van der Waals surface area contributed by atoms with Gasteiger partial charge in [-0.1, -0.05) is 0 Å². The van der Waals surface area contributed by atoms with E-state index in [1.807, 2.05) is 13.8 Å². The van der Waals surface area contributed by atoms with E-state index in [1.165, 1.54) is 0 Å². The van der Waals surface area contributed by atoms with Crippen LogP contribution in [0.25, 0.3) is 0 Å². The molecule has 0 aliphatic rings. The molecule has 19 heavy (non-hydrogen) atoms. The number of aliphatic hydroxyl groups excluding tert-OH is 1. The summed E-state index contributed by atoms with van der Waals surface area (Å²) in [6.07, 6.45) is -0.0347. The summed E-state index contributed by atoms with van der Waals surface area (Å²) in [7, 11) is 3.26. The second-order valence-corrected chi connectivity index (χ2v) is 4.16. The van der Waals surface area contributed by atoms with Crippen molar-refractivity contribution < 1.29 is 14.6 Å². The lowest BCUT2D eigenvalue weighted by atomic mass is 10.3. The minimum absolute atomic E-state index is 0.0347. The van der Waals surface area contributed by atoms with E-state index < -0.39 is 0 Å². The molecule has 0 aliphatic carbocycles. The fourth-order valence-corrected chi connectivity index (χ4v) is 1.32. The lowest BCUT2D eigenvalue weighted by Gasteiger charge is -2.16. The molecule has 1 aromatic heterocycles. The average molecular weight is 271 g/mol. The average Bonchev–Trinajstić information content (AvgIpc) is 2.37. The summed E-state index contributed by atoms with van der Waals surface area (Å²) in [5.41, 5.74) is 0. The van der Waals surface area contributed by atoms with Crippen molar-refractivity contribution in [2.75, 3.05) is 38.0 Å². The van der Waals surface area contributed by atoms with Gasteiger partial charge in [-0.2, -0.15) is 15.0 Å². The minimum Gasteiger partial charge on any atom is -0.461 e. The van der Waals surface area contributed by atoms with Crippen LogP contribution in [0.2, 0.25) is 0 Å². The van der Waals surface area contributed by atoms with Gasteiger partial charge in [-0.25, -0.2) is 0 Å². The first-order chi connectivity index (χ1) is 9.08. The summed E-state index contributed by atoms with van der Waals surface area (Å²) in [5.74, 6) is 0.716. The molecule has 8 heteroatoms. The highest BCUT2D eigenvalue weighted by molar-refractivity contribution is 5.36. The number of methoxy groups -OCH3 is 1. The van der Waals surface area contributed by atoms with Crippen LogP contribution in [0.4, 0.5) is 11.9 Å². The molecule has 0 spiro atoms. The maximum Gasteiger partial charge on any atom is 0.323 e. The van der Waals surface area contributed by atoms with Gasteiger partial charge < -0.3 is 25.2 Å². The van der Waals surface area contributed by atoms with Crippen molar-refractivity contribution in [3.63, 3.8) is 0 Å². The first kappa shape index (κ1) is 15.4. The Bertz CT molecular complexity index is 389. The first-order valence-corrected chi connectivity index (χ1v) is 6.05. The fraction of sp³-hybridized carbons (Fsp3) is 0.727. The van der Waals surface area contributed by atoms with Crippen molar-refractivity contribution in [1.29, 1.82) is 0 Å². The van der Waals surface area contributed by atoms with Crippen LogP contribution in [-0.4, -0.2) is 59.6 Å². The Morgan fingerprint density at radius 3 is 2.42 bits per heavy atom. The number of aromatic nitrogens is 3. The van der Waals surface area contributed by atoms with Crippen LogP contribution in [0.3, 0.4) is 0 Å². The number of ether oxygens (including phenoxy) is 2. The molecule has 0 radical (unpaired) electrons. The van der Waals surface area contributed by atoms with E-state index in [1.54, 1.807) is 14.2 Å². The Hall–Kier alpha value is -1.67. The molecule has 8 nitrogen and oxygen atoms in total. The molecule has 1 rings (SSSR count). The second-order valence-electron chi connectivity index (χ2n) is 4.16. The van der Waals surface area contributed by atoms with Crippen molar-refractivity contribution in [2.45, 2.75) is 26.0 Å². The predicted octanol–water partition coefficient (Wildman–Crippen LogP) is 0.120. The van der Waals surface area contributed by atoms with Crippen molar-refractivity contribution in [3.05, 3.63) is 0 Å². The van der Waals surface area contributed by atoms with Crippen LogP contribution in [0.5, 0.6) is 6.01 Å². The minimum atomic E-state index is -0.288. The van der Waals surface area contributed by atoms with E-state index in [9.17, 15) is 5.11 Å². The van der Waals surface area contributed by atoms with Gasteiger partial charge in [0, 0.05) is 14.2 Å². The molecular formula is C11H21N5O3. The Morgan fingerprint density at radius 2 is 1.89 bits per heavy atom. The third kappa shape index (κ3) is 5.23. The quantitative estimate of drug-likeness (QED) is 0.613. The molecule has 0 saturated carbocycles. The molecular weight excluding hydrogens is 250 g/mol. The van der Waals surface area contributed by atoms with Crippen molar-refractivity contribution >= 4 is 11.9 Å². The largest absolute Gasteiger partial charge is 0.461 e. The summed E-state index contributed by atoms with van der Waals surface area (Å²) in [5, 5.41) is 15.0. The van der Waals surface area contributed by atoms with E-state index in [2.05, 4.69) is 25.6 Å². The van der Waals surface area contributed by atoms with Crippen LogP contribution in [0, 0.1) is 0 Å². The van der Waals surface area contributed by atoms with Gasteiger partial charge >= 0.3 is 6.01 Å². The molecule has 0 aromatic carbocycles. The van der Waals surface area contributed by atoms with E-state index >= 15 is 0 Å².